The highest BCUT2D eigenvalue weighted by molar-refractivity contribution is 6.31. The molecular formula is C13H15ClN2O2. The smallest absolute Gasteiger partial charge is 0.245 e. The molecule has 96 valence electrons. The Labute approximate surface area is 111 Å². The Bertz CT molecular complexity index is 502. The van der Waals surface area contributed by atoms with Crippen LogP contribution in [0.5, 0.6) is 0 Å². The SMILES string of the molecule is Cc1ccc(CN2CC(=O)NC(C)C2=O)c(Cl)c1. The predicted octanol–water partition coefficient (Wildman–Crippen LogP) is 1.50. The molecule has 1 aliphatic rings. The van der Waals surface area contributed by atoms with Crippen LogP contribution in [0.4, 0.5) is 0 Å². The van der Waals surface area contributed by atoms with Gasteiger partial charge in [0, 0.05) is 11.6 Å². The number of hydrogen-bond acceptors (Lipinski definition) is 2. The van der Waals surface area contributed by atoms with Crippen molar-refractivity contribution in [1.29, 1.82) is 0 Å². The van der Waals surface area contributed by atoms with Gasteiger partial charge in [-0.3, -0.25) is 9.59 Å². The van der Waals surface area contributed by atoms with Crippen molar-refractivity contribution in [3.05, 3.63) is 34.3 Å². The molecule has 2 amide bonds. The van der Waals surface area contributed by atoms with Crippen LogP contribution in [0, 0.1) is 6.92 Å². The average molecular weight is 267 g/mol. The normalized spacial score (nSPS) is 19.9. The first-order valence-corrected chi connectivity index (χ1v) is 6.18. The van der Waals surface area contributed by atoms with Crippen LogP contribution in [-0.2, 0) is 16.1 Å². The molecule has 1 heterocycles. The molecule has 2 rings (SSSR count). The first-order valence-electron chi connectivity index (χ1n) is 5.80. The minimum absolute atomic E-state index is 0.0776. The highest BCUT2D eigenvalue weighted by atomic mass is 35.5. The number of carbonyl (C=O) groups is 2. The molecule has 0 saturated carbocycles. The van der Waals surface area contributed by atoms with Crippen LogP contribution in [0.1, 0.15) is 18.1 Å². The van der Waals surface area contributed by atoms with Gasteiger partial charge in [0.25, 0.3) is 0 Å². The Kier molecular flexibility index (Phi) is 3.57. The quantitative estimate of drug-likeness (QED) is 0.882. The van der Waals surface area contributed by atoms with Gasteiger partial charge in [-0.2, -0.15) is 0 Å². The molecule has 1 N–H and O–H groups in total. The molecule has 0 aromatic heterocycles. The van der Waals surface area contributed by atoms with Gasteiger partial charge < -0.3 is 10.2 Å². The number of benzene rings is 1. The van der Waals surface area contributed by atoms with Crippen molar-refractivity contribution in [3.63, 3.8) is 0 Å². The molecular weight excluding hydrogens is 252 g/mol. The largest absolute Gasteiger partial charge is 0.343 e. The van der Waals surface area contributed by atoms with Crippen LogP contribution in [0.15, 0.2) is 18.2 Å². The molecule has 0 radical (unpaired) electrons. The molecule has 1 aliphatic heterocycles. The second-order valence-electron chi connectivity index (χ2n) is 4.58. The van der Waals surface area contributed by atoms with Gasteiger partial charge in [-0.1, -0.05) is 23.7 Å². The molecule has 0 aliphatic carbocycles. The molecule has 1 saturated heterocycles. The Morgan fingerprint density at radius 3 is 2.83 bits per heavy atom. The minimum Gasteiger partial charge on any atom is -0.343 e. The fraction of sp³-hybridized carbons (Fsp3) is 0.385. The van der Waals surface area contributed by atoms with Gasteiger partial charge in [0.15, 0.2) is 0 Å². The van der Waals surface area contributed by atoms with E-state index in [2.05, 4.69) is 5.32 Å². The van der Waals surface area contributed by atoms with Gasteiger partial charge in [-0.15, -0.1) is 0 Å². The van der Waals surface area contributed by atoms with Crippen molar-refractivity contribution in [2.24, 2.45) is 0 Å². The third-order valence-electron chi connectivity index (χ3n) is 2.96. The van der Waals surface area contributed by atoms with E-state index in [0.717, 1.165) is 11.1 Å². The number of piperazine rings is 1. The van der Waals surface area contributed by atoms with Gasteiger partial charge in [-0.05, 0) is 31.0 Å². The highest BCUT2D eigenvalue weighted by Gasteiger charge is 2.29. The van der Waals surface area contributed by atoms with Crippen LogP contribution in [0.25, 0.3) is 0 Å². The Hall–Kier alpha value is -1.55. The Morgan fingerprint density at radius 1 is 1.44 bits per heavy atom. The maximum absolute atomic E-state index is 11.9. The van der Waals surface area contributed by atoms with Gasteiger partial charge in [-0.25, -0.2) is 0 Å². The number of aryl methyl sites for hydroxylation is 1. The van der Waals surface area contributed by atoms with Gasteiger partial charge >= 0.3 is 0 Å². The topological polar surface area (TPSA) is 49.4 Å². The van der Waals surface area contributed by atoms with Crippen molar-refractivity contribution < 1.29 is 9.59 Å². The first-order chi connectivity index (χ1) is 8.47. The summed E-state index contributed by atoms with van der Waals surface area (Å²) in [5.74, 6) is -0.212. The van der Waals surface area contributed by atoms with Crippen LogP contribution in [0.3, 0.4) is 0 Å². The lowest BCUT2D eigenvalue weighted by Gasteiger charge is -2.31. The number of hydrogen-bond donors (Lipinski definition) is 1. The zero-order valence-corrected chi connectivity index (χ0v) is 11.1. The second-order valence-corrected chi connectivity index (χ2v) is 4.99. The molecule has 1 atom stereocenters. The van der Waals surface area contributed by atoms with Crippen LogP contribution >= 0.6 is 11.6 Å². The lowest BCUT2D eigenvalue weighted by atomic mass is 10.1. The predicted molar refractivity (Wildman–Crippen MR) is 69.2 cm³/mol. The fourth-order valence-corrected chi connectivity index (χ4v) is 2.29. The van der Waals surface area contributed by atoms with Crippen molar-refractivity contribution >= 4 is 23.4 Å². The molecule has 1 aromatic rings. The van der Waals surface area contributed by atoms with Crippen LogP contribution in [-0.4, -0.2) is 29.3 Å². The Balaban J connectivity index is 2.17. The molecule has 1 unspecified atom stereocenters. The second kappa shape index (κ2) is 4.98. The standard InChI is InChI=1S/C13H15ClN2O2/c1-8-3-4-10(11(14)5-8)6-16-7-12(17)15-9(2)13(16)18/h3-5,9H,6-7H2,1-2H3,(H,15,17). The third-order valence-corrected chi connectivity index (χ3v) is 3.32. The number of halogens is 1. The zero-order valence-electron chi connectivity index (χ0n) is 10.4. The summed E-state index contributed by atoms with van der Waals surface area (Å²) in [6.45, 7) is 4.10. The number of nitrogens with zero attached hydrogens (tertiary/aromatic N) is 1. The van der Waals surface area contributed by atoms with Crippen molar-refractivity contribution in [2.75, 3.05) is 6.54 Å². The van der Waals surface area contributed by atoms with Crippen LogP contribution in [0.2, 0.25) is 5.02 Å². The Morgan fingerprint density at radius 2 is 2.17 bits per heavy atom. The molecule has 18 heavy (non-hydrogen) atoms. The van der Waals surface area contributed by atoms with Crippen molar-refractivity contribution in [3.8, 4) is 0 Å². The lowest BCUT2D eigenvalue weighted by molar-refractivity contribution is -0.144. The molecule has 1 fully saturated rings. The summed E-state index contributed by atoms with van der Waals surface area (Å²) in [4.78, 5) is 24.9. The first kappa shape index (κ1) is 12.9. The maximum Gasteiger partial charge on any atom is 0.245 e. The molecule has 0 spiro atoms. The number of rotatable bonds is 2. The maximum atomic E-state index is 11.9. The lowest BCUT2D eigenvalue weighted by Crippen LogP contribution is -2.56. The minimum atomic E-state index is -0.463. The number of amides is 2. The third kappa shape index (κ3) is 2.64. The summed E-state index contributed by atoms with van der Waals surface area (Å²) >= 11 is 6.13. The summed E-state index contributed by atoms with van der Waals surface area (Å²) in [5.41, 5.74) is 1.93. The van der Waals surface area contributed by atoms with Crippen LogP contribution < -0.4 is 5.32 Å². The van der Waals surface area contributed by atoms with E-state index in [1.807, 2.05) is 25.1 Å². The van der Waals surface area contributed by atoms with E-state index in [1.54, 1.807) is 6.92 Å². The van der Waals surface area contributed by atoms with E-state index in [-0.39, 0.29) is 18.4 Å². The fourth-order valence-electron chi connectivity index (χ4n) is 1.99. The van der Waals surface area contributed by atoms with E-state index in [4.69, 9.17) is 11.6 Å². The highest BCUT2D eigenvalue weighted by Crippen LogP contribution is 2.20. The molecule has 0 bridgehead atoms. The van der Waals surface area contributed by atoms with Gasteiger partial charge in [0.2, 0.25) is 11.8 Å². The molecule has 5 heteroatoms. The average Bonchev–Trinajstić information content (AvgIpc) is 2.29. The van der Waals surface area contributed by atoms with E-state index >= 15 is 0 Å². The monoisotopic (exact) mass is 266 g/mol. The number of nitrogens with one attached hydrogen (secondary N) is 1. The summed E-state index contributed by atoms with van der Waals surface area (Å²) in [6.07, 6.45) is 0. The number of carbonyl (C=O) groups excluding carboxylic acids is 2. The molecule has 4 nitrogen and oxygen atoms in total. The van der Waals surface area contributed by atoms with E-state index in [0.29, 0.717) is 11.6 Å². The van der Waals surface area contributed by atoms with Crippen molar-refractivity contribution in [1.82, 2.24) is 10.2 Å². The van der Waals surface area contributed by atoms with E-state index in [9.17, 15) is 9.59 Å². The molecule has 1 aromatic carbocycles. The van der Waals surface area contributed by atoms with Crippen molar-refractivity contribution in [2.45, 2.75) is 26.4 Å². The summed E-state index contributed by atoms with van der Waals surface area (Å²) in [6, 6.07) is 5.23. The van der Waals surface area contributed by atoms with E-state index < -0.39 is 6.04 Å². The van der Waals surface area contributed by atoms with Gasteiger partial charge in [0.05, 0.1) is 6.54 Å². The zero-order chi connectivity index (χ0) is 13.3. The summed E-state index contributed by atoms with van der Waals surface area (Å²) in [7, 11) is 0. The summed E-state index contributed by atoms with van der Waals surface area (Å²) < 4.78 is 0. The summed E-state index contributed by atoms with van der Waals surface area (Å²) in [5, 5.41) is 3.23. The van der Waals surface area contributed by atoms with Gasteiger partial charge in [0.1, 0.15) is 6.04 Å². The van der Waals surface area contributed by atoms with E-state index in [1.165, 1.54) is 4.90 Å².